The molecule has 0 aliphatic carbocycles. The van der Waals surface area contributed by atoms with Gasteiger partial charge in [-0.3, -0.25) is 4.99 Å². The van der Waals surface area contributed by atoms with Crippen LogP contribution in [-0.2, 0) is 16.0 Å². The molecule has 170 valence electrons. The van der Waals surface area contributed by atoms with Crippen LogP contribution in [-0.4, -0.2) is 37.9 Å². The number of methoxy groups -OCH3 is 1. The molecular weight excluding hydrogens is 418 g/mol. The van der Waals surface area contributed by atoms with Crippen LogP contribution in [0.15, 0.2) is 77.8 Å². The summed E-state index contributed by atoms with van der Waals surface area (Å²) in [5, 5.41) is 0. The molecule has 0 saturated heterocycles. The lowest BCUT2D eigenvalue weighted by molar-refractivity contribution is -0.142. The Kier molecular flexibility index (Phi) is 8.36. The van der Waals surface area contributed by atoms with Crippen molar-refractivity contribution in [2.75, 3.05) is 13.7 Å². The van der Waals surface area contributed by atoms with Gasteiger partial charge < -0.3 is 14.2 Å². The summed E-state index contributed by atoms with van der Waals surface area (Å²) in [5.41, 5.74) is 3.20. The third kappa shape index (κ3) is 6.77. The van der Waals surface area contributed by atoms with E-state index < -0.39 is 18.0 Å². The van der Waals surface area contributed by atoms with Crippen LogP contribution in [0.2, 0.25) is 0 Å². The molecule has 6 nitrogen and oxygen atoms in total. The maximum atomic E-state index is 12.5. The van der Waals surface area contributed by atoms with Crippen LogP contribution < -0.4 is 9.47 Å². The number of carbonyl (C=O) groups is 2. The molecule has 0 aliphatic rings. The van der Waals surface area contributed by atoms with Crippen molar-refractivity contribution in [3.05, 3.63) is 95.1 Å². The Labute approximate surface area is 193 Å². The lowest BCUT2D eigenvalue weighted by atomic mass is 10.1. The largest absolute Gasteiger partial charge is 0.490 e. The Bertz CT molecular complexity index is 1110. The van der Waals surface area contributed by atoms with Crippen molar-refractivity contribution in [3.63, 3.8) is 0 Å². The van der Waals surface area contributed by atoms with Gasteiger partial charge in [-0.05, 0) is 55.3 Å². The van der Waals surface area contributed by atoms with Crippen molar-refractivity contribution in [2.45, 2.75) is 26.3 Å². The van der Waals surface area contributed by atoms with Gasteiger partial charge in [0.15, 0.2) is 17.5 Å². The smallest absolute Gasteiger partial charge is 0.343 e. The first-order chi connectivity index (χ1) is 16.0. The first kappa shape index (κ1) is 23.7. The highest BCUT2D eigenvalue weighted by atomic mass is 16.6. The number of aryl methyl sites for hydroxylation is 1. The summed E-state index contributed by atoms with van der Waals surface area (Å²) in [6, 6.07) is 21.2. The second-order valence-electron chi connectivity index (χ2n) is 7.40. The summed E-state index contributed by atoms with van der Waals surface area (Å²) >= 11 is 0. The molecule has 0 amide bonds. The van der Waals surface area contributed by atoms with Gasteiger partial charge in [0.25, 0.3) is 0 Å². The first-order valence-electron chi connectivity index (χ1n) is 10.7. The summed E-state index contributed by atoms with van der Waals surface area (Å²) < 4.78 is 16.1. The molecule has 0 N–H and O–H groups in total. The van der Waals surface area contributed by atoms with Crippen LogP contribution in [0, 0.1) is 6.92 Å². The maximum Gasteiger partial charge on any atom is 0.343 e. The Hall–Kier alpha value is -3.93. The van der Waals surface area contributed by atoms with E-state index >= 15 is 0 Å². The molecule has 0 heterocycles. The van der Waals surface area contributed by atoms with Crippen molar-refractivity contribution in [2.24, 2.45) is 4.99 Å². The number of benzene rings is 3. The number of nitrogens with zero attached hydrogens (tertiary/aromatic N) is 1. The number of ether oxygens (including phenoxy) is 3. The fourth-order valence-electron chi connectivity index (χ4n) is 3.15. The first-order valence-corrected chi connectivity index (χ1v) is 10.7. The molecule has 33 heavy (non-hydrogen) atoms. The highest BCUT2D eigenvalue weighted by Gasteiger charge is 2.18. The zero-order valence-electron chi connectivity index (χ0n) is 19.0. The van der Waals surface area contributed by atoms with E-state index in [1.54, 1.807) is 36.5 Å². The normalized spacial score (nSPS) is 11.7. The molecule has 3 rings (SSSR count). The molecule has 6 heteroatoms. The van der Waals surface area contributed by atoms with Gasteiger partial charge in [0.05, 0.1) is 19.3 Å². The molecule has 1 atom stereocenters. The minimum Gasteiger partial charge on any atom is -0.490 e. The molecule has 3 aromatic carbocycles. The summed E-state index contributed by atoms with van der Waals surface area (Å²) in [5.74, 6) is -0.150. The Morgan fingerprint density at radius 2 is 1.70 bits per heavy atom. The van der Waals surface area contributed by atoms with Gasteiger partial charge >= 0.3 is 11.9 Å². The van der Waals surface area contributed by atoms with Crippen LogP contribution in [0.5, 0.6) is 11.5 Å². The van der Waals surface area contributed by atoms with Crippen molar-refractivity contribution in [3.8, 4) is 11.5 Å². The lowest BCUT2D eigenvalue weighted by Gasteiger charge is -2.12. The lowest BCUT2D eigenvalue weighted by Crippen LogP contribution is -2.23. The second kappa shape index (κ2) is 11.6. The van der Waals surface area contributed by atoms with E-state index in [4.69, 9.17) is 14.2 Å². The van der Waals surface area contributed by atoms with Crippen LogP contribution in [0.3, 0.4) is 0 Å². The fraction of sp³-hybridized carbons (Fsp3) is 0.222. The minimum atomic E-state index is -0.674. The molecule has 0 aliphatic heterocycles. The Balaban J connectivity index is 1.79. The molecule has 0 saturated carbocycles. The summed E-state index contributed by atoms with van der Waals surface area (Å²) in [4.78, 5) is 29.2. The average molecular weight is 446 g/mol. The molecule has 0 bridgehead atoms. The summed E-state index contributed by atoms with van der Waals surface area (Å²) in [6.07, 6.45) is 2.02. The zero-order valence-corrected chi connectivity index (χ0v) is 19.0. The molecule has 0 aromatic heterocycles. The summed E-state index contributed by atoms with van der Waals surface area (Å²) in [6.45, 7) is 4.20. The zero-order chi connectivity index (χ0) is 23.6. The van der Waals surface area contributed by atoms with Gasteiger partial charge in [-0.25, -0.2) is 9.59 Å². The standard InChI is InChI=1S/C27H27NO5/c1-4-32-25-17-21(12-15-24(25)33-26(29)22-13-10-19(2)11-14-22)18-28-23(27(30)31-3)16-20-8-6-5-7-9-20/h5-15,17-18,23H,4,16H2,1-3H3/t23-/m0/s1. The van der Waals surface area contributed by atoms with E-state index in [1.807, 2.05) is 56.3 Å². The summed E-state index contributed by atoms with van der Waals surface area (Å²) in [7, 11) is 1.35. The average Bonchev–Trinajstić information content (AvgIpc) is 2.83. The molecular formula is C27H27NO5. The Morgan fingerprint density at radius 3 is 2.36 bits per heavy atom. The number of aliphatic imine (C=N–C) groups is 1. The van der Waals surface area contributed by atoms with E-state index in [0.29, 0.717) is 35.7 Å². The SMILES string of the molecule is CCOc1cc(C=N[C@@H](Cc2ccccc2)C(=O)OC)ccc1OC(=O)c1ccc(C)cc1. The van der Waals surface area contributed by atoms with Crippen LogP contribution in [0.1, 0.15) is 34.0 Å². The Morgan fingerprint density at radius 1 is 0.970 bits per heavy atom. The van der Waals surface area contributed by atoms with Gasteiger partial charge in [-0.1, -0.05) is 48.0 Å². The quantitative estimate of drug-likeness (QED) is 0.268. The van der Waals surface area contributed by atoms with E-state index in [1.165, 1.54) is 7.11 Å². The highest BCUT2D eigenvalue weighted by Crippen LogP contribution is 2.29. The third-order valence-electron chi connectivity index (χ3n) is 4.91. The monoisotopic (exact) mass is 445 g/mol. The number of hydrogen-bond acceptors (Lipinski definition) is 6. The molecule has 0 radical (unpaired) electrons. The predicted molar refractivity (Wildman–Crippen MR) is 127 cm³/mol. The van der Waals surface area contributed by atoms with Crippen molar-refractivity contribution in [1.29, 1.82) is 0 Å². The molecule has 0 spiro atoms. The van der Waals surface area contributed by atoms with Gasteiger partial charge in [0.1, 0.15) is 0 Å². The van der Waals surface area contributed by atoms with Crippen LogP contribution in [0.4, 0.5) is 0 Å². The highest BCUT2D eigenvalue weighted by molar-refractivity contribution is 5.91. The number of carbonyl (C=O) groups excluding carboxylic acids is 2. The van der Waals surface area contributed by atoms with E-state index in [0.717, 1.165) is 11.1 Å². The van der Waals surface area contributed by atoms with E-state index in [-0.39, 0.29) is 0 Å². The maximum absolute atomic E-state index is 12.5. The van der Waals surface area contributed by atoms with E-state index in [9.17, 15) is 9.59 Å². The number of rotatable bonds is 9. The van der Waals surface area contributed by atoms with Gasteiger partial charge in [-0.2, -0.15) is 0 Å². The third-order valence-corrected chi connectivity index (χ3v) is 4.91. The van der Waals surface area contributed by atoms with Crippen LogP contribution >= 0.6 is 0 Å². The van der Waals surface area contributed by atoms with Gasteiger partial charge in [0, 0.05) is 12.6 Å². The fourth-order valence-corrected chi connectivity index (χ4v) is 3.15. The van der Waals surface area contributed by atoms with E-state index in [2.05, 4.69) is 4.99 Å². The number of esters is 2. The van der Waals surface area contributed by atoms with Crippen LogP contribution in [0.25, 0.3) is 0 Å². The topological polar surface area (TPSA) is 74.2 Å². The van der Waals surface area contributed by atoms with Crippen molar-refractivity contribution in [1.82, 2.24) is 0 Å². The van der Waals surface area contributed by atoms with Crippen molar-refractivity contribution < 1.29 is 23.8 Å². The predicted octanol–water partition coefficient (Wildman–Crippen LogP) is 4.82. The number of hydrogen-bond donors (Lipinski definition) is 0. The van der Waals surface area contributed by atoms with Gasteiger partial charge in [0.2, 0.25) is 0 Å². The second-order valence-corrected chi connectivity index (χ2v) is 7.40. The molecule has 0 fully saturated rings. The minimum absolute atomic E-state index is 0.313. The molecule has 0 unspecified atom stereocenters. The van der Waals surface area contributed by atoms with Crippen molar-refractivity contribution >= 4 is 18.2 Å². The van der Waals surface area contributed by atoms with Gasteiger partial charge in [-0.15, -0.1) is 0 Å². The molecule has 3 aromatic rings.